The number of hydrogen-bond donors (Lipinski definition) is 1. The van der Waals surface area contributed by atoms with Crippen molar-refractivity contribution >= 4 is 39.9 Å². The van der Waals surface area contributed by atoms with Gasteiger partial charge in [-0.1, -0.05) is 72.8 Å². The largest absolute Gasteiger partial charge is 0.494 e. The molecule has 0 saturated carbocycles. The minimum Gasteiger partial charge on any atom is -0.494 e. The number of benzene rings is 4. The molecule has 9 nitrogen and oxygen atoms in total. The summed E-state index contributed by atoms with van der Waals surface area (Å²) in [5.74, 6) is -2.01. The summed E-state index contributed by atoms with van der Waals surface area (Å²) in [7, 11) is 0. The third-order valence-electron chi connectivity index (χ3n) is 10.8. The standard InChI is InChI=1S/C43H45N3O6/c1-4-24-44(32-18-20-35(21-19-32)51-6-3)40(48)37-36-22-23-43(52-36)38(37)41(49)46(34(28-47)26-29-12-8-7-9-13-29)39(43)42(50)45(25-5-2)33-17-16-30-14-10-11-15-31(30)27-33/h4-5,7-21,27,34,36-39,47H,1-2,6,22-26,28H2,3H3/t34-,36-,37+,38+,39?,43?/m1/s1. The van der Waals surface area contributed by atoms with Crippen LogP contribution in [0.15, 0.2) is 122 Å². The molecule has 52 heavy (non-hydrogen) atoms. The van der Waals surface area contributed by atoms with Gasteiger partial charge in [-0.3, -0.25) is 14.4 Å². The summed E-state index contributed by atoms with van der Waals surface area (Å²) >= 11 is 0. The number of amides is 3. The van der Waals surface area contributed by atoms with Crippen molar-refractivity contribution in [3.05, 3.63) is 128 Å². The van der Waals surface area contributed by atoms with Crippen molar-refractivity contribution in [2.75, 3.05) is 36.1 Å². The molecule has 1 spiro atoms. The van der Waals surface area contributed by atoms with E-state index in [9.17, 15) is 9.90 Å². The highest BCUT2D eigenvalue weighted by Gasteiger charge is 2.75. The molecule has 3 heterocycles. The Hall–Kier alpha value is -5.25. The normalized spacial score (nSPS) is 23.7. The first kappa shape index (κ1) is 35.2. The zero-order valence-electron chi connectivity index (χ0n) is 29.5. The van der Waals surface area contributed by atoms with Crippen molar-refractivity contribution in [2.24, 2.45) is 11.8 Å². The average molecular weight is 700 g/mol. The third kappa shape index (κ3) is 6.07. The number of rotatable bonds is 14. The van der Waals surface area contributed by atoms with Crippen LogP contribution >= 0.6 is 0 Å². The molecule has 0 radical (unpaired) electrons. The lowest BCUT2D eigenvalue weighted by Crippen LogP contribution is -2.59. The summed E-state index contributed by atoms with van der Waals surface area (Å²) in [6.07, 6.45) is 4.04. The van der Waals surface area contributed by atoms with Gasteiger partial charge < -0.3 is 29.3 Å². The first-order chi connectivity index (χ1) is 25.3. The van der Waals surface area contributed by atoms with Gasteiger partial charge >= 0.3 is 0 Å². The number of carbonyl (C=O) groups excluding carboxylic acids is 3. The van der Waals surface area contributed by atoms with Gasteiger partial charge in [0.2, 0.25) is 11.8 Å². The van der Waals surface area contributed by atoms with Crippen LogP contribution in [0, 0.1) is 11.8 Å². The van der Waals surface area contributed by atoms with Gasteiger partial charge in [-0.2, -0.15) is 0 Å². The van der Waals surface area contributed by atoms with Crippen LogP contribution in [0.3, 0.4) is 0 Å². The molecule has 0 aliphatic carbocycles. The second kappa shape index (κ2) is 14.8. The Morgan fingerprint density at radius 1 is 0.923 bits per heavy atom. The van der Waals surface area contributed by atoms with Crippen molar-refractivity contribution < 1.29 is 29.0 Å². The number of hydrogen-bond acceptors (Lipinski definition) is 6. The van der Waals surface area contributed by atoms with E-state index in [0.717, 1.165) is 16.3 Å². The lowest BCUT2D eigenvalue weighted by atomic mass is 9.70. The van der Waals surface area contributed by atoms with Gasteiger partial charge in [-0.15, -0.1) is 13.2 Å². The predicted octanol–water partition coefficient (Wildman–Crippen LogP) is 5.95. The van der Waals surface area contributed by atoms with Crippen LogP contribution in [-0.2, 0) is 25.5 Å². The number of aliphatic hydroxyl groups excluding tert-OH is 1. The molecule has 7 rings (SSSR count). The van der Waals surface area contributed by atoms with Crippen LogP contribution in [0.5, 0.6) is 5.75 Å². The van der Waals surface area contributed by atoms with E-state index in [4.69, 9.17) is 9.47 Å². The molecule has 3 amide bonds. The first-order valence-electron chi connectivity index (χ1n) is 18.1. The van der Waals surface area contributed by atoms with E-state index in [0.29, 0.717) is 43.0 Å². The molecule has 0 aromatic heterocycles. The molecular formula is C43H45N3O6. The maximum absolute atomic E-state index is 15.2. The van der Waals surface area contributed by atoms with Crippen molar-refractivity contribution in [3.8, 4) is 5.75 Å². The van der Waals surface area contributed by atoms with E-state index in [-0.39, 0.29) is 37.4 Å². The van der Waals surface area contributed by atoms with E-state index in [1.54, 1.807) is 26.9 Å². The van der Waals surface area contributed by atoms with Crippen molar-refractivity contribution in [1.29, 1.82) is 0 Å². The summed E-state index contributed by atoms with van der Waals surface area (Å²) in [6, 6.07) is 28.8. The zero-order valence-corrected chi connectivity index (χ0v) is 29.5. The molecule has 2 unspecified atom stereocenters. The number of nitrogens with zero attached hydrogens (tertiary/aromatic N) is 3. The minimum absolute atomic E-state index is 0.190. The monoisotopic (exact) mass is 699 g/mol. The smallest absolute Gasteiger partial charge is 0.253 e. The Bertz CT molecular complexity index is 1960. The lowest BCUT2D eigenvalue weighted by molar-refractivity contribution is -0.144. The zero-order chi connectivity index (χ0) is 36.4. The molecule has 1 N–H and O–H groups in total. The van der Waals surface area contributed by atoms with E-state index in [1.165, 1.54) is 0 Å². The molecule has 4 aromatic carbocycles. The lowest BCUT2D eigenvalue weighted by Gasteiger charge is -2.39. The topological polar surface area (TPSA) is 99.6 Å². The van der Waals surface area contributed by atoms with Gasteiger partial charge in [0.15, 0.2) is 0 Å². The molecule has 2 bridgehead atoms. The van der Waals surface area contributed by atoms with E-state index in [1.807, 2.05) is 104 Å². The quantitative estimate of drug-likeness (QED) is 0.163. The Morgan fingerprint density at radius 2 is 1.58 bits per heavy atom. The summed E-state index contributed by atoms with van der Waals surface area (Å²) in [6.45, 7) is 10.3. The Morgan fingerprint density at radius 3 is 2.25 bits per heavy atom. The predicted molar refractivity (Wildman–Crippen MR) is 202 cm³/mol. The summed E-state index contributed by atoms with van der Waals surface area (Å²) in [5, 5.41) is 12.9. The molecule has 3 saturated heterocycles. The number of ether oxygens (including phenoxy) is 2. The van der Waals surface area contributed by atoms with Crippen LogP contribution < -0.4 is 14.5 Å². The van der Waals surface area contributed by atoms with Crippen molar-refractivity contribution in [1.82, 2.24) is 4.90 Å². The van der Waals surface area contributed by atoms with E-state index in [2.05, 4.69) is 13.2 Å². The van der Waals surface area contributed by atoms with Gasteiger partial charge in [0.1, 0.15) is 17.4 Å². The molecule has 268 valence electrons. The molecular weight excluding hydrogens is 654 g/mol. The van der Waals surface area contributed by atoms with E-state index >= 15 is 9.59 Å². The van der Waals surface area contributed by atoms with Crippen LogP contribution in [0.2, 0.25) is 0 Å². The van der Waals surface area contributed by atoms with Crippen molar-refractivity contribution in [3.63, 3.8) is 0 Å². The van der Waals surface area contributed by atoms with Crippen LogP contribution in [0.4, 0.5) is 11.4 Å². The number of aliphatic hydroxyl groups is 1. The van der Waals surface area contributed by atoms with Crippen LogP contribution in [-0.4, -0.2) is 77.8 Å². The Kier molecular flexibility index (Phi) is 9.99. The second-order valence-electron chi connectivity index (χ2n) is 13.8. The van der Waals surface area contributed by atoms with Gasteiger partial charge in [0.05, 0.1) is 37.2 Å². The second-order valence-corrected chi connectivity index (χ2v) is 13.8. The van der Waals surface area contributed by atoms with Gasteiger partial charge in [0.25, 0.3) is 5.91 Å². The summed E-state index contributed by atoms with van der Waals surface area (Å²) in [5.41, 5.74) is 0.953. The summed E-state index contributed by atoms with van der Waals surface area (Å²) in [4.78, 5) is 49.9. The fourth-order valence-electron chi connectivity index (χ4n) is 8.65. The molecule has 4 aromatic rings. The molecule has 3 fully saturated rings. The van der Waals surface area contributed by atoms with Crippen molar-refractivity contribution in [2.45, 2.75) is 50.0 Å². The van der Waals surface area contributed by atoms with Crippen LogP contribution in [0.25, 0.3) is 10.8 Å². The highest BCUT2D eigenvalue weighted by Crippen LogP contribution is 2.59. The fraction of sp³-hybridized carbons (Fsp3) is 0.326. The maximum Gasteiger partial charge on any atom is 0.253 e. The van der Waals surface area contributed by atoms with Gasteiger partial charge in [-0.05, 0) is 78.9 Å². The SMILES string of the molecule is C=CCN(C(=O)C1N([C@@H](CO)Cc2ccccc2)C(=O)[C@@H]2[C@@H](C(=O)N(CC=C)c3ccc(OCC)cc3)[C@H]3CCC12O3)c1ccc2ccccc2c1. The van der Waals surface area contributed by atoms with Gasteiger partial charge in [0, 0.05) is 24.5 Å². The number of anilines is 2. The molecule has 3 aliphatic heterocycles. The summed E-state index contributed by atoms with van der Waals surface area (Å²) < 4.78 is 12.5. The number of fused-ring (bicyclic) bond motifs is 2. The molecule has 6 atom stereocenters. The highest BCUT2D eigenvalue weighted by atomic mass is 16.5. The number of carbonyl (C=O) groups is 3. The molecule has 3 aliphatic rings. The fourth-order valence-corrected chi connectivity index (χ4v) is 8.65. The van der Waals surface area contributed by atoms with E-state index < -0.39 is 35.6 Å². The third-order valence-corrected chi connectivity index (χ3v) is 10.8. The minimum atomic E-state index is -1.27. The van der Waals surface area contributed by atoms with Gasteiger partial charge in [-0.25, -0.2) is 0 Å². The molecule has 9 heteroatoms. The first-order valence-corrected chi connectivity index (χ1v) is 18.1. The Labute approximate surface area is 304 Å². The maximum atomic E-state index is 15.2. The Balaban J connectivity index is 1.31. The van der Waals surface area contributed by atoms with Crippen LogP contribution in [0.1, 0.15) is 25.3 Å². The average Bonchev–Trinajstić information content (AvgIpc) is 3.82. The number of likely N-dealkylation sites (tertiary alicyclic amines) is 1. The highest BCUT2D eigenvalue weighted by molar-refractivity contribution is 6.07.